The van der Waals surface area contributed by atoms with Crippen LogP contribution in [0, 0.1) is 0 Å². The molecular formula is C25H29NO3S. The summed E-state index contributed by atoms with van der Waals surface area (Å²) in [6.45, 7) is 4.07. The minimum absolute atomic E-state index is 0.0820. The van der Waals surface area contributed by atoms with E-state index in [1.807, 2.05) is 12.1 Å². The summed E-state index contributed by atoms with van der Waals surface area (Å²) < 4.78 is 6.31. The number of carboxylic acid groups (broad SMARTS) is 1. The van der Waals surface area contributed by atoms with Crippen molar-refractivity contribution >= 4 is 17.7 Å². The van der Waals surface area contributed by atoms with Gasteiger partial charge in [-0.15, -0.1) is 11.8 Å². The molecule has 0 fully saturated rings. The largest absolute Gasteiger partial charge is 0.485 e. The molecule has 3 aromatic carbocycles. The van der Waals surface area contributed by atoms with E-state index in [-0.39, 0.29) is 6.10 Å². The molecule has 4 nitrogen and oxygen atoms in total. The van der Waals surface area contributed by atoms with Crippen molar-refractivity contribution in [3.63, 3.8) is 0 Å². The zero-order chi connectivity index (χ0) is 21.6. The van der Waals surface area contributed by atoms with Gasteiger partial charge < -0.3 is 15.2 Å². The quantitative estimate of drug-likeness (QED) is 0.331. The molecule has 1 atom stereocenters. The molecule has 0 aromatic heterocycles. The third-order valence-corrected chi connectivity index (χ3v) is 5.14. The van der Waals surface area contributed by atoms with E-state index >= 15 is 0 Å². The fourth-order valence-corrected chi connectivity index (χ4v) is 3.35. The Morgan fingerprint density at radius 1 is 0.967 bits per heavy atom. The first-order valence-corrected chi connectivity index (χ1v) is 11.2. The van der Waals surface area contributed by atoms with E-state index in [1.165, 1.54) is 10.5 Å². The Kier molecular flexibility index (Phi) is 10.6. The fourth-order valence-electron chi connectivity index (χ4n) is 2.82. The van der Waals surface area contributed by atoms with Crippen molar-refractivity contribution in [3.05, 3.63) is 96.1 Å². The van der Waals surface area contributed by atoms with Crippen LogP contribution in [0.1, 0.15) is 35.4 Å². The zero-order valence-corrected chi connectivity index (χ0v) is 18.3. The number of carboxylic acids is 1. The summed E-state index contributed by atoms with van der Waals surface area (Å²) in [6.07, 6.45) is 3.12. The maximum absolute atomic E-state index is 10.2. The third kappa shape index (κ3) is 7.93. The first-order valence-electron chi connectivity index (χ1n) is 9.99. The van der Waals surface area contributed by atoms with Crippen LogP contribution >= 0.6 is 11.8 Å². The number of aromatic carboxylic acids is 1. The average molecular weight is 424 g/mol. The molecule has 0 radical (unpaired) electrons. The molecule has 0 heterocycles. The van der Waals surface area contributed by atoms with Gasteiger partial charge in [0, 0.05) is 11.3 Å². The molecule has 3 rings (SSSR count). The minimum atomic E-state index is -0.879. The van der Waals surface area contributed by atoms with E-state index in [0.717, 1.165) is 25.3 Å². The van der Waals surface area contributed by atoms with Crippen molar-refractivity contribution in [2.45, 2.75) is 24.3 Å². The van der Waals surface area contributed by atoms with Crippen LogP contribution < -0.4 is 10.1 Å². The predicted molar refractivity (Wildman–Crippen MR) is 125 cm³/mol. The first-order chi connectivity index (χ1) is 14.7. The number of carbonyl (C=O) groups is 1. The average Bonchev–Trinajstić information content (AvgIpc) is 2.80. The van der Waals surface area contributed by atoms with Crippen molar-refractivity contribution in [1.29, 1.82) is 0 Å². The van der Waals surface area contributed by atoms with Crippen molar-refractivity contribution < 1.29 is 14.6 Å². The van der Waals surface area contributed by atoms with Gasteiger partial charge in [-0.25, -0.2) is 4.79 Å². The number of hydrogen-bond acceptors (Lipinski definition) is 4. The SMILES string of the molecule is CCNCCC(Oc1ccccc1SC)c1ccccc1.O=C(O)c1ccccc1. The highest BCUT2D eigenvalue weighted by atomic mass is 32.2. The Morgan fingerprint density at radius 3 is 2.13 bits per heavy atom. The van der Waals surface area contributed by atoms with Gasteiger partial charge in [-0.05, 0) is 49.2 Å². The summed E-state index contributed by atoms with van der Waals surface area (Å²) in [6, 6.07) is 27.0. The molecule has 30 heavy (non-hydrogen) atoms. The van der Waals surface area contributed by atoms with Crippen LogP contribution in [0.15, 0.2) is 89.8 Å². The van der Waals surface area contributed by atoms with Gasteiger partial charge in [-0.3, -0.25) is 0 Å². The van der Waals surface area contributed by atoms with Gasteiger partial charge >= 0.3 is 5.97 Å². The number of hydrogen-bond donors (Lipinski definition) is 2. The Labute approximate surface area is 183 Å². The normalized spacial score (nSPS) is 11.1. The summed E-state index contributed by atoms with van der Waals surface area (Å²) >= 11 is 1.72. The molecular weight excluding hydrogens is 394 g/mol. The molecule has 0 spiro atoms. The van der Waals surface area contributed by atoms with E-state index in [0.29, 0.717) is 5.56 Å². The maximum Gasteiger partial charge on any atom is 0.335 e. The van der Waals surface area contributed by atoms with Gasteiger partial charge in [0.25, 0.3) is 0 Å². The number of para-hydroxylation sites is 1. The van der Waals surface area contributed by atoms with Gasteiger partial charge in [-0.1, -0.05) is 67.6 Å². The van der Waals surface area contributed by atoms with Crippen LogP contribution in [0.25, 0.3) is 0 Å². The van der Waals surface area contributed by atoms with Gasteiger partial charge in [-0.2, -0.15) is 0 Å². The second-order valence-electron chi connectivity index (χ2n) is 6.48. The Hall–Kier alpha value is -2.76. The molecule has 0 aliphatic heterocycles. The molecule has 0 saturated heterocycles. The van der Waals surface area contributed by atoms with Crippen LogP contribution in [0.3, 0.4) is 0 Å². The molecule has 0 bridgehead atoms. The third-order valence-electron chi connectivity index (χ3n) is 4.36. The van der Waals surface area contributed by atoms with E-state index in [2.05, 4.69) is 61.0 Å². The van der Waals surface area contributed by atoms with Crippen molar-refractivity contribution in [3.8, 4) is 5.75 Å². The first kappa shape index (κ1) is 23.5. The van der Waals surface area contributed by atoms with Crippen molar-refractivity contribution in [2.75, 3.05) is 19.3 Å². The molecule has 0 amide bonds. The molecule has 0 aliphatic rings. The highest BCUT2D eigenvalue weighted by Gasteiger charge is 2.14. The topological polar surface area (TPSA) is 58.6 Å². The van der Waals surface area contributed by atoms with E-state index in [9.17, 15) is 4.79 Å². The lowest BCUT2D eigenvalue weighted by Gasteiger charge is -2.21. The van der Waals surface area contributed by atoms with E-state index in [4.69, 9.17) is 9.84 Å². The Balaban J connectivity index is 0.000000297. The summed E-state index contributed by atoms with van der Waals surface area (Å²) in [4.78, 5) is 11.4. The van der Waals surface area contributed by atoms with Crippen molar-refractivity contribution in [1.82, 2.24) is 5.32 Å². The molecule has 1 unspecified atom stereocenters. The summed E-state index contributed by atoms with van der Waals surface area (Å²) in [5, 5.41) is 11.8. The summed E-state index contributed by atoms with van der Waals surface area (Å²) in [5.41, 5.74) is 1.56. The number of rotatable bonds is 9. The van der Waals surface area contributed by atoms with Crippen LogP contribution in [0.4, 0.5) is 0 Å². The van der Waals surface area contributed by atoms with Crippen molar-refractivity contribution in [2.24, 2.45) is 0 Å². The van der Waals surface area contributed by atoms with Gasteiger partial charge in [0.2, 0.25) is 0 Å². The second-order valence-corrected chi connectivity index (χ2v) is 7.33. The zero-order valence-electron chi connectivity index (χ0n) is 17.5. The van der Waals surface area contributed by atoms with Crippen LogP contribution in [0.5, 0.6) is 5.75 Å². The maximum atomic E-state index is 10.2. The summed E-state index contributed by atoms with van der Waals surface area (Å²) in [7, 11) is 0. The lowest BCUT2D eigenvalue weighted by molar-refractivity contribution is 0.0697. The lowest BCUT2D eigenvalue weighted by atomic mass is 10.1. The minimum Gasteiger partial charge on any atom is -0.485 e. The van der Waals surface area contributed by atoms with Gasteiger partial charge in [0.1, 0.15) is 11.9 Å². The lowest BCUT2D eigenvalue weighted by Crippen LogP contribution is -2.19. The highest BCUT2D eigenvalue weighted by molar-refractivity contribution is 7.98. The molecule has 3 aromatic rings. The number of thioether (sulfide) groups is 1. The van der Waals surface area contributed by atoms with Crippen LogP contribution in [-0.2, 0) is 0 Å². The van der Waals surface area contributed by atoms with Crippen LogP contribution in [-0.4, -0.2) is 30.4 Å². The van der Waals surface area contributed by atoms with Gasteiger partial charge in [0.05, 0.1) is 5.56 Å². The Morgan fingerprint density at radius 2 is 1.57 bits per heavy atom. The van der Waals surface area contributed by atoms with Crippen LogP contribution in [0.2, 0.25) is 0 Å². The van der Waals surface area contributed by atoms with Gasteiger partial charge in [0.15, 0.2) is 0 Å². The summed E-state index contributed by atoms with van der Waals surface area (Å²) in [5.74, 6) is 0.0888. The Bertz CT molecular complexity index is 872. The smallest absolute Gasteiger partial charge is 0.335 e. The second kappa shape index (κ2) is 13.5. The molecule has 0 aliphatic carbocycles. The number of ether oxygens (including phenoxy) is 1. The molecule has 2 N–H and O–H groups in total. The fraction of sp³-hybridized carbons (Fsp3) is 0.240. The molecule has 158 valence electrons. The molecule has 5 heteroatoms. The number of benzene rings is 3. The monoisotopic (exact) mass is 423 g/mol. The molecule has 0 saturated carbocycles. The highest BCUT2D eigenvalue weighted by Crippen LogP contribution is 2.32. The standard InChI is InChI=1S/C18H23NOS.C7H6O2/c1-3-19-14-13-16(15-9-5-4-6-10-15)20-17-11-7-8-12-18(17)21-2;8-7(9)6-4-2-1-3-5-6/h4-12,16,19H,3,13-14H2,1-2H3;1-5H,(H,8,9). The predicted octanol–water partition coefficient (Wildman–Crippen LogP) is 5.91. The number of nitrogens with one attached hydrogen (secondary N) is 1. The van der Waals surface area contributed by atoms with E-state index < -0.39 is 5.97 Å². The van der Waals surface area contributed by atoms with E-state index in [1.54, 1.807) is 42.1 Å².